The van der Waals surface area contributed by atoms with Crippen molar-refractivity contribution in [3.63, 3.8) is 0 Å². The van der Waals surface area contributed by atoms with Crippen LogP contribution in [-0.2, 0) is 17.8 Å². The zero-order valence-electron chi connectivity index (χ0n) is 15.4. The van der Waals surface area contributed by atoms with Crippen molar-refractivity contribution in [2.75, 3.05) is 5.32 Å². The van der Waals surface area contributed by atoms with Crippen LogP contribution in [0.15, 0.2) is 53.9 Å². The van der Waals surface area contributed by atoms with Gasteiger partial charge in [-0.15, -0.1) is 24.5 Å². The van der Waals surface area contributed by atoms with Crippen LogP contribution >= 0.6 is 11.3 Å². The molecule has 0 spiro atoms. The minimum Gasteiger partial charge on any atom is -0.406 e. The van der Waals surface area contributed by atoms with E-state index in [0.29, 0.717) is 23.1 Å². The number of nitrogens with one attached hydrogen (secondary N) is 2. The number of alkyl halides is 3. The average molecular weight is 421 g/mol. The summed E-state index contributed by atoms with van der Waals surface area (Å²) in [5.41, 5.74) is 3.34. The number of anilines is 2. The third kappa shape index (κ3) is 6.79. The molecule has 0 radical (unpaired) electrons. The lowest BCUT2D eigenvalue weighted by molar-refractivity contribution is -0.274. The van der Waals surface area contributed by atoms with Crippen molar-refractivity contribution in [2.24, 2.45) is 0 Å². The molecule has 152 valence electrons. The highest BCUT2D eigenvalue weighted by Gasteiger charge is 2.30. The zero-order chi connectivity index (χ0) is 20.9. The molecule has 3 aromatic rings. The first-order chi connectivity index (χ1) is 13.8. The molecule has 0 unspecified atom stereocenters. The van der Waals surface area contributed by atoms with Gasteiger partial charge >= 0.3 is 6.36 Å². The van der Waals surface area contributed by atoms with E-state index in [-0.39, 0.29) is 18.1 Å². The Kier molecular flexibility index (Phi) is 6.38. The van der Waals surface area contributed by atoms with E-state index in [1.807, 2.05) is 31.2 Å². The molecule has 1 aromatic heterocycles. The van der Waals surface area contributed by atoms with E-state index in [1.165, 1.54) is 35.6 Å². The van der Waals surface area contributed by atoms with Crippen LogP contribution in [0.1, 0.15) is 16.8 Å². The number of benzene rings is 2. The Labute approximate surface area is 169 Å². The van der Waals surface area contributed by atoms with Crippen LogP contribution in [0.25, 0.3) is 0 Å². The van der Waals surface area contributed by atoms with Crippen LogP contribution in [-0.4, -0.2) is 17.3 Å². The predicted octanol–water partition coefficient (Wildman–Crippen LogP) is 4.95. The van der Waals surface area contributed by atoms with Gasteiger partial charge in [0.15, 0.2) is 5.13 Å². The van der Waals surface area contributed by atoms with Crippen molar-refractivity contribution < 1.29 is 22.7 Å². The number of nitrogens with zero attached hydrogens (tertiary/aromatic N) is 1. The number of halogens is 3. The summed E-state index contributed by atoms with van der Waals surface area (Å²) in [4.78, 5) is 16.4. The Morgan fingerprint density at radius 2 is 1.79 bits per heavy atom. The Hall–Kier alpha value is -3.07. The number of hydrogen-bond donors (Lipinski definition) is 2. The normalized spacial score (nSPS) is 11.2. The smallest absolute Gasteiger partial charge is 0.406 e. The molecule has 0 bridgehead atoms. The number of carbonyl (C=O) groups is 1. The van der Waals surface area contributed by atoms with E-state index < -0.39 is 6.36 Å². The van der Waals surface area contributed by atoms with E-state index in [4.69, 9.17) is 0 Å². The van der Waals surface area contributed by atoms with Crippen molar-refractivity contribution in [1.82, 2.24) is 10.3 Å². The van der Waals surface area contributed by atoms with Gasteiger partial charge < -0.3 is 15.4 Å². The number of rotatable bonds is 7. The Morgan fingerprint density at radius 1 is 1.10 bits per heavy atom. The number of thiazole rings is 1. The first kappa shape index (κ1) is 20.7. The fourth-order valence-corrected chi connectivity index (χ4v) is 3.17. The fourth-order valence-electron chi connectivity index (χ4n) is 2.44. The molecule has 0 fully saturated rings. The molecular weight excluding hydrogens is 403 g/mol. The molecule has 5 nitrogen and oxygen atoms in total. The summed E-state index contributed by atoms with van der Waals surface area (Å²) in [7, 11) is 0. The van der Waals surface area contributed by atoms with Crippen LogP contribution < -0.4 is 15.4 Å². The molecular formula is C20H18F3N3O2S. The number of amides is 1. The second-order valence-corrected chi connectivity index (χ2v) is 7.14. The highest BCUT2D eigenvalue weighted by atomic mass is 32.1. The third-order valence-corrected chi connectivity index (χ3v) is 4.65. The van der Waals surface area contributed by atoms with E-state index in [9.17, 15) is 18.0 Å². The molecule has 2 aromatic carbocycles. The Bertz CT molecular complexity index is 954. The third-order valence-electron chi connectivity index (χ3n) is 3.84. The van der Waals surface area contributed by atoms with Crippen molar-refractivity contribution in [2.45, 2.75) is 26.3 Å². The zero-order valence-corrected chi connectivity index (χ0v) is 16.2. The van der Waals surface area contributed by atoms with E-state index in [2.05, 4.69) is 20.4 Å². The molecule has 3 rings (SSSR count). The molecule has 0 atom stereocenters. The largest absolute Gasteiger partial charge is 0.573 e. The SMILES string of the molecule is Cc1ccc(CNC(=O)Cc2csc(Nc3ccc(OC(F)(F)F)cc3)n2)cc1. The van der Waals surface area contributed by atoms with Crippen LogP contribution in [0.3, 0.4) is 0 Å². The Morgan fingerprint density at radius 3 is 2.45 bits per heavy atom. The van der Waals surface area contributed by atoms with Crippen molar-refractivity contribution >= 4 is 28.1 Å². The quantitative estimate of drug-likeness (QED) is 0.567. The van der Waals surface area contributed by atoms with E-state index in [0.717, 1.165) is 11.1 Å². The van der Waals surface area contributed by atoms with Crippen LogP contribution in [0, 0.1) is 6.92 Å². The first-order valence-corrected chi connectivity index (χ1v) is 9.54. The second-order valence-electron chi connectivity index (χ2n) is 6.28. The van der Waals surface area contributed by atoms with Gasteiger partial charge in [-0.3, -0.25) is 4.79 Å². The minimum atomic E-state index is -4.72. The molecule has 0 saturated heterocycles. The maximum Gasteiger partial charge on any atom is 0.573 e. The average Bonchev–Trinajstić information content (AvgIpc) is 3.08. The van der Waals surface area contributed by atoms with Crippen LogP contribution in [0.4, 0.5) is 24.0 Å². The summed E-state index contributed by atoms with van der Waals surface area (Å²) in [5, 5.41) is 8.14. The summed E-state index contributed by atoms with van der Waals surface area (Å²) >= 11 is 1.30. The molecule has 2 N–H and O–H groups in total. The molecule has 0 aliphatic rings. The predicted molar refractivity (Wildman–Crippen MR) is 105 cm³/mol. The van der Waals surface area contributed by atoms with Gasteiger partial charge in [-0.2, -0.15) is 0 Å². The maximum atomic E-state index is 12.2. The monoisotopic (exact) mass is 421 g/mol. The van der Waals surface area contributed by atoms with E-state index in [1.54, 1.807) is 5.38 Å². The highest BCUT2D eigenvalue weighted by Crippen LogP contribution is 2.26. The van der Waals surface area contributed by atoms with Crippen LogP contribution in [0.5, 0.6) is 5.75 Å². The van der Waals surface area contributed by atoms with Gasteiger partial charge in [0.25, 0.3) is 0 Å². The van der Waals surface area contributed by atoms with Crippen molar-refractivity contribution in [1.29, 1.82) is 0 Å². The number of hydrogen-bond acceptors (Lipinski definition) is 5. The van der Waals surface area contributed by atoms with Gasteiger partial charge in [-0.05, 0) is 36.8 Å². The molecule has 0 aliphatic carbocycles. The van der Waals surface area contributed by atoms with Crippen molar-refractivity contribution in [3.05, 3.63) is 70.7 Å². The first-order valence-electron chi connectivity index (χ1n) is 8.66. The number of ether oxygens (including phenoxy) is 1. The lowest BCUT2D eigenvalue weighted by Crippen LogP contribution is -2.24. The highest BCUT2D eigenvalue weighted by molar-refractivity contribution is 7.13. The fraction of sp³-hybridized carbons (Fsp3) is 0.200. The number of carbonyl (C=O) groups excluding carboxylic acids is 1. The summed E-state index contributed by atoms with van der Waals surface area (Å²) in [6.07, 6.45) is -4.58. The number of aromatic nitrogens is 1. The summed E-state index contributed by atoms with van der Waals surface area (Å²) in [5.74, 6) is -0.441. The maximum absolute atomic E-state index is 12.2. The molecule has 0 saturated carbocycles. The standard InChI is InChI=1S/C20H18F3N3O2S/c1-13-2-4-14(5-3-13)11-24-18(27)10-16-12-29-19(26-16)25-15-6-8-17(9-7-15)28-20(21,22)23/h2-9,12H,10-11H2,1H3,(H,24,27)(H,25,26). The lowest BCUT2D eigenvalue weighted by Gasteiger charge is -2.09. The van der Waals surface area contributed by atoms with Crippen LogP contribution in [0.2, 0.25) is 0 Å². The van der Waals surface area contributed by atoms with Gasteiger partial charge in [-0.1, -0.05) is 29.8 Å². The summed E-state index contributed by atoms with van der Waals surface area (Å²) in [6, 6.07) is 13.2. The van der Waals surface area contributed by atoms with Gasteiger partial charge in [0.1, 0.15) is 5.75 Å². The number of aryl methyl sites for hydroxylation is 1. The lowest BCUT2D eigenvalue weighted by atomic mass is 10.1. The topological polar surface area (TPSA) is 63.2 Å². The van der Waals surface area contributed by atoms with Gasteiger partial charge in [0, 0.05) is 17.6 Å². The summed E-state index contributed by atoms with van der Waals surface area (Å²) < 4.78 is 40.4. The minimum absolute atomic E-state index is 0.141. The molecule has 1 heterocycles. The molecule has 1 amide bonds. The second kappa shape index (κ2) is 8.95. The van der Waals surface area contributed by atoms with Gasteiger partial charge in [-0.25, -0.2) is 4.98 Å². The van der Waals surface area contributed by atoms with Gasteiger partial charge in [0.05, 0.1) is 12.1 Å². The summed E-state index contributed by atoms with van der Waals surface area (Å²) in [6.45, 7) is 2.45. The molecule has 0 aliphatic heterocycles. The Balaban J connectivity index is 1.49. The molecule has 29 heavy (non-hydrogen) atoms. The van der Waals surface area contributed by atoms with Gasteiger partial charge in [0.2, 0.25) is 5.91 Å². The van der Waals surface area contributed by atoms with E-state index >= 15 is 0 Å². The molecule has 9 heteroatoms. The van der Waals surface area contributed by atoms with Crippen molar-refractivity contribution in [3.8, 4) is 5.75 Å².